The summed E-state index contributed by atoms with van der Waals surface area (Å²) >= 11 is 6.29. The zero-order chi connectivity index (χ0) is 19.3. The number of methoxy groups -OCH3 is 1. The van der Waals surface area contributed by atoms with Crippen LogP contribution in [-0.4, -0.2) is 58.6 Å². The van der Waals surface area contributed by atoms with Gasteiger partial charge in [-0.05, 0) is 50.3 Å². The molecule has 2 rings (SSSR count). The van der Waals surface area contributed by atoms with Crippen molar-refractivity contribution in [1.82, 2.24) is 10.6 Å². The Kier molecular flexibility index (Phi) is 10.3. The van der Waals surface area contributed by atoms with Crippen molar-refractivity contribution in [2.24, 2.45) is 4.99 Å². The van der Waals surface area contributed by atoms with Crippen molar-refractivity contribution in [2.75, 3.05) is 46.6 Å². The summed E-state index contributed by atoms with van der Waals surface area (Å²) in [6.45, 7) is 6.76. The van der Waals surface area contributed by atoms with Crippen LogP contribution in [0.3, 0.4) is 0 Å². The molecule has 7 heteroatoms. The fourth-order valence-corrected chi connectivity index (χ4v) is 3.13. The lowest BCUT2D eigenvalue weighted by Crippen LogP contribution is -2.38. The molecule has 6 nitrogen and oxygen atoms in total. The highest BCUT2D eigenvalue weighted by Crippen LogP contribution is 2.22. The Labute approximate surface area is 167 Å². The minimum Gasteiger partial charge on any atom is -0.497 e. The Morgan fingerprint density at radius 1 is 1.30 bits per heavy atom. The third-order valence-corrected chi connectivity index (χ3v) is 4.74. The van der Waals surface area contributed by atoms with Crippen molar-refractivity contribution in [3.8, 4) is 5.75 Å². The first-order chi connectivity index (χ1) is 13.2. The van der Waals surface area contributed by atoms with Gasteiger partial charge in [-0.2, -0.15) is 0 Å². The third-order valence-electron chi connectivity index (χ3n) is 4.39. The fraction of sp³-hybridized carbons (Fsp3) is 0.650. The molecule has 1 aromatic carbocycles. The zero-order valence-electron chi connectivity index (χ0n) is 16.4. The molecule has 0 aromatic heterocycles. The van der Waals surface area contributed by atoms with Gasteiger partial charge in [-0.1, -0.05) is 17.7 Å². The molecule has 0 radical (unpaired) electrons. The van der Waals surface area contributed by atoms with Crippen molar-refractivity contribution in [3.05, 3.63) is 28.8 Å². The van der Waals surface area contributed by atoms with Crippen molar-refractivity contribution < 1.29 is 14.2 Å². The van der Waals surface area contributed by atoms with Crippen LogP contribution in [0.2, 0.25) is 5.02 Å². The van der Waals surface area contributed by atoms with Crippen LogP contribution in [0.1, 0.15) is 31.7 Å². The largest absolute Gasteiger partial charge is 0.497 e. The van der Waals surface area contributed by atoms with Gasteiger partial charge < -0.3 is 24.8 Å². The van der Waals surface area contributed by atoms with E-state index in [4.69, 9.17) is 25.8 Å². The molecule has 0 aliphatic carbocycles. The topological polar surface area (TPSA) is 64.1 Å². The van der Waals surface area contributed by atoms with Gasteiger partial charge in [0.05, 0.1) is 13.2 Å². The number of aliphatic imine (C=N–C) groups is 1. The zero-order valence-corrected chi connectivity index (χ0v) is 17.2. The average Bonchev–Trinajstić information content (AvgIpc) is 2.69. The fourth-order valence-electron chi connectivity index (χ4n) is 2.86. The summed E-state index contributed by atoms with van der Waals surface area (Å²) in [5.74, 6) is 1.60. The maximum Gasteiger partial charge on any atom is 0.191 e. The molecule has 1 aromatic rings. The first-order valence-corrected chi connectivity index (χ1v) is 10.1. The number of hydrogen-bond acceptors (Lipinski definition) is 4. The number of benzene rings is 1. The highest BCUT2D eigenvalue weighted by molar-refractivity contribution is 6.31. The van der Waals surface area contributed by atoms with Gasteiger partial charge in [-0.15, -0.1) is 0 Å². The Balaban J connectivity index is 1.68. The van der Waals surface area contributed by atoms with E-state index in [0.29, 0.717) is 6.10 Å². The minimum absolute atomic E-state index is 0.350. The van der Waals surface area contributed by atoms with Crippen molar-refractivity contribution in [1.29, 1.82) is 0 Å². The SMILES string of the molecule is CCNC(=NCCCOC1CCOCC1)NCCc1ccc(OC)cc1Cl. The second-order valence-corrected chi connectivity index (χ2v) is 6.84. The van der Waals surface area contributed by atoms with Gasteiger partial charge >= 0.3 is 0 Å². The van der Waals surface area contributed by atoms with Gasteiger partial charge in [0.15, 0.2) is 5.96 Å². The normalized spacial score (nSPS) is 15.6. The lowest BCUT2D eigenvalue weighted by Gasteiger charge is -2.22. The molecule has 1 heterocycles. The summed E-state index contributed by atoms with van der Waals surface area (Å²) in [6, 6.07) is 5.77. The van der Waals surface area contributed by atoms with Crippen LogP contribution < -0.4 is 15.4 Å². The Hall–Kier alpha value is -1.50. The van der Waals surface area contributed by atoms with Crippen molar-refractivity contribution in [3.63, 3.8) is 0 Å². The molecular formula is C20H32ClN3O3. The highest BCUT2D eigenvalue weighted by Gasteiger charge is 2.13. The number of rotatable bonds is 10. The van der Waals surface area contributed by atoms with E-state index in [1.54, 1.807) is 7.11 Å². The van der Waals surface area contributed by atoms with E-state index in [0.717, 1.165) is 87.4 Å². The molecule has 2 N–H and O–H groups in total. The maximum atomic E-state index is 6.29. The standard InChI is InChI=1S/C20H32ClN3O3/c1-3-22-20(23-10-4-12-27-17-8-13-26-14-9-17)24-11-7-16-5-6-18(25-2)15-19(16)21/h5-6,15,17H,3-4,7-14H2,1-2H3,(H2,22,23,24). The summed E-state index contributed by atoms with van der Waals surface area (Å²) in [5.41, 5.74) is 1.09. The molecule has 0 bridgehead atoms. The van der Waals surface area contributed by atoms with Crippen LogP contribution >= 0.6 is 11.6 Å². The predicted molar refractivity (Wildman–Crippen MR) is 110 cm³/mol. The van der Waals surface area contributed by atoms with Crippen LogP contribution in [0.25, 0.3) is 0 Å². The second kappa shape index (κ2) is 12.8. The smallest absolute Gasteiger partial charge is 0.191 e. The van der Waals surface area contributed by atoms with Gasteiger partial charge in [0.2, 0.25) is 0 Å². The highest BCUT2D eigenvalue weighted by atomic mass is 35.5. The molecule has 1 aliphatic heterocycles. The monoisotopic (exact) mass is 397 g/mol. The summed E-state index contributed by atoms with van der Waals surface area (Å²) < 4.78 is 16.4. The number of ether oxygens (including phenoxy) is 3. The lowest BCUT2D eigenvalue weighted by atomic mass is 10.1. The van der Waals surface area contributed by atoms with E-state index in [-0.39, 0.29) is 0 Å². The van der Waals surface area contributed by atoms with Gasteiger partial charge in [0.1, 0.15) is 5.75 Å². The van der Waals surface area contributed by atoms with E-state index in [1.807, 2.05) is 18.2 Å². The third kappa shape index (κ3) is 8.37. The summed E-state index contributed by atoms with van der Waals surface area (Å²) in [5, 5.41) is 7.35. The Bertz CT molecular complexity index is 578. The summed E-state index contributed by atoms with van der Waals surface area (Å²) in [7, 11) is 1.64. The van der Waals surface area contributed by atoms with Crippen LogP contribution in [0.15, 0.2) is 23.2 Å². The summed E-state index contributed by atoms with van der Waals surface area (Å²) in [6.07, 6.45) is 4.09. The van der Waals surface area contributed by atoms with E-state index >= 15 is 0 Å². The summed E-state index contributed by atoms with van der Waals surface area (Å²) in [4.78, 5) is 4.61. The van der Waals surface area contributed by atoms with E-state index < -0.39 is 0 Å². The van der Waals surface area contributed by atoms with Crippen molar-refractivity contribution in [2.45, 2.75) is 38.7 Å². The van der Waals surface area contributed by atoms with Crippen LogP contribution in [-0.2, 0) is 15.9 Å². The molecule has 0 spiro atoms. The van der Waals surface area contributed by atoms with E-state index in [2.05, 4.69) is 22.5 Å². The second-order valence-electron chi connectivity index (χ2n) is 6.43. The first-order valence-electron chi connectivity index (χ1n) is 9.77. The minimum atomic E-state index is 0.350. The molecule has 152 valence electrons. The van der Waals surface area contributed by atoms with Gasteiger partial charge in [-0.3, -0.25) is 4.99 Å². The number of hydrogen-bond donors (Lipinski definition) is 2. The molecule has 1 fully saturated rings. The van der Waals surface area contributed by atoms with Gasteiger partial charge in [-0.25, -0.2) is 0 Å². The number of nitrogens with one attached hydrogen (secondary N) is 2. The molecule has 0 atom stereocenters. The molecule has 27 heavy (non-hydrogen) atoms. The number of nitrogens with zero attached hydrogens (tertiary/aromatic N) is 1. The Morgan fingerprint density at radius 3 is 2.81 bits per heavy atom. The maximum absolute atomic E-state index is 6.29. The van der Waals surface area contributed by atoms with Gasteiger partial charge in [0.25, 0.3) is 0 Å². The van der Waals surface area contributed by atoms with Crippen molar-refractivity contribution >= 4 is 17.6 Å². The van der Waals surface area contributed by atoms with Crippen LogP contribution in [0.5, 0.6) is 5.75 Å². The molecular weight excluding hydrogens is 366 g/mol. The lowest BCUT2D eigenvalue weighted by molar-refractivity contribution is -0.0318. The molecule has 0 amide bonds. The van der Waals surface area contributed by atoms with Crippen LogP contribution in [0, 0.1) is 0 Å². The number of guanidine groups is 1. The molecule has 0 unspecified atom stereocenters. The van der Waals surface area contributed by atoms with E-state index in [1.165, 1.54) is 0 Å². The first kappa shape index (κ1) is 21.8. The quantitative estimate of drug-likeness (QED) is 0.361. The van der Waals surface area contributed by atoms with Crippen LogP contribution in [0.4, 0.5) is 0 Å². The average molecular weight is 398 g/mol. The van der Waals surface area contributed by atoms with Gasteiger partial charge in [0, 0.05) is 44.5 Å². The number of halogens is 1. The Morgan fingerprint density at radius 2 is 2.11 bits per heavy atom. The molecule has 1 aliphatic rings. The molecule has 1 saturated heterocycles. The molecule has 0 saturated carbocycles. The van der Waals surface area contributed by atoms with E-state index in [9.17, 15) is 0 Å². The predicted octanol–water partition coefficient (Wildman–Crippen LogP) is 3.03.